The summed E-state index contributed by atoms with van der Waals surface area (Å²) in [5.41, 5.74) is 5.58. The molecule has 0 rings (SSSR count). The van der Waals surface area contributed by atoms with Crippen molar-refractivity contribution in [3.05, 3.63) is 0 Å². The predicted molar refractivity (Wildman–Crippen MR) is 69.0 cm³/mol. The van der Waals surface area contributed by atoms with Crippen LogP contribution in [0.4, 0.5) is 0 Å². The Labute approximate surface area is 104 Å². The summed E-state index contributed by atoms with van der Waals surface area (Å²) in [6.45, 7) is 7.42. The Bertz CT molecular complexity index is 254. The highest BCUT2D eigenvalue weighted by Gasteiger charge is 2.26. The summed E-state index contributed by atoms with van der Waals surface area (Å²) in [6, 6.07) is 0. The highest BCUT2D eigenvalue weighted by atomic mass is 16.4. The van der Waals surface area contributed by atoms with Gasteiger partial charge in [0.15, 0.2) is 5.84 Å². The van der Waals surface area contributed by atoms with E-state index < -0.39 is 5.92 Å². The minimum atomic E-state index is -0.484. The Morgan fingerprint density at radius 1 is 1.35 bits per heavy atom. The topological polar surface area (TPSA) is 78.9 Å². The highest BCUT2D eigenvalue weighted by molar-refractivity contribution is 6.02. The second-order valence-electron chi connectivity index (χ2n) is 4.14. The van der Waals surface area contributed by atoms with Gasteiger partial charge >= 0.3 is 0 Å². The zero-order chi connectivity index (χ0) is 13.3. The van der Waals surface area contributed by atoms with Crippen LogP contribution in [0.5, 0.6) is 0 Å². The van der Waals surface area contributed by atoms with Gasteiger partial charge in [0.1, 0.15) is 0 Å². The van der Waals surface area contributed by atoms with E-state index in [0.717, 1.165) is 25.8 Å². The lowest BCUT2D eigenvalue weighted by atomic mass is 10.0. The largest absolute Gasteiger partial charge is 0.409 e. The van der Waals surface area contributed by atoms with Crippen LogP contribution in [-0.2, 0) is 4.79 Å². The van der Waals surface area contributed by atoms with Gasteiger partial charge in [0, 0.05) is 13.1 Å². The lowest BCUT2D eigenvalue weighted by Gasteiger charge is -2.25. The van der Waals surface area contributed by atoms with Crippen molar-refractivity contribution in [2.75, 3.05) is 13.1 Å². The summed E-state index contributed by atoms with van der Waals surface area (Å²) in [5.74, 6) is -0.494. The molecule has 0 aliphatic heterocycles. The molecule has 0 aromatic heterocycles. The molecule has 0 heterocycles. The lowest BCUT2D eigenvalue weighted by Crippen LogP contribution is -2.42. The number of unbranched alkanes of at least 4 members (excludes halogenated alkanes) is 1. The lowest BCUT2D eigenvalue weighted by molar-refractivity contribution is -0.133. The number of rotatable bonds is 8. The van der Waals surface area contributed by atoms with Gasteiger partial charge in [-0.2, -0.15) is 0 Å². The molecule has 0 radical (unpaired) electrons. The van der Waals surface area contributed by atoms with Crippen LogP contribution in [0.1, 0.15) is 46.5 Å². The summed E-state index contributed by atoms with van der Waals surface area (Å²) in [5, 5.41) is 11.7. The van der Waals surface area contributed by atoms with Crippen LogP contribution in [-0.4, -0.2) is 34.9 Å². The zero-order valence-electron chi connectivity index (χ0n) is 11.1. The van der Waals surface area contributed by atoms with Crippen LogP contribution in [0, 0.1) is 5.92 Å². The Kier molecular flexibility index (Phi) is 8.19. The van der Waals surface area contributed by atoms with Gasteiger partial charge in [-0.25, -0.2) is 0 Å². The minimum absolute atomic E-state index is 0.0202. The number of carbonyl (C=O) groups is 1. The van der Waals surface area contributed by atoms with Crippen molar-refractivity contribution in [3.63, 3.8) is 0 Å². The van der Waals surface area contributed by atoms with Gasteiger partial charge in [-0.15, -0.1) is 0 Å². The van der Waals surface area contributed by atoms with Gasteiger partial charge in [-0.05, 0) is 19.8 Å². The standard InChI is InChI=1S/C12H25N3O2/c1-4-7-9-15(6-3)12(16)10(8-5-2)11(13)14-17/h10,17H,4-9H2,1-3H3,(H2,13,14). The van der Waals surface area contributed by atoms with Crippen molar-refractivity contribution >= 4 is 11.7 Å². The molecule has 0 aromatic carbocycles. The van der Waals surface area contributed by atoms with E-state index in [2.05, 4.69) is 12.1 Å². The second kappa shape index (κ2) is 8.84. The van der Waals surface area contributed by atoms with Crippen LogP contribution >= 0.6 is 0 Å². The van der Waals surface area contributed by atoms with E-state index in [4.69, 9.17) is 10.9 Å². The molecule has 1 amide bonds. The number of carbonyl (C=O) groups excluding carboxylic acids is 1. The molecule has 3 N–H and O–H groups in total. The van der Waals surface area contributed by atoms with Gasteiger partial charge in [0.25, 0.3) is 0 Å². The number of hydrogen-bond acceptors (Lipinski definition) is 3. The van der Waals surface area contributed by atoms with E-state index in [1.54, 1.807) is 4.90 Å². The van der Waals surface area contributed by atoms with E-state index in [9.17, 15) is 4.79 Å². The first kappa shape index (κ1) is 15.7. The maximum atomic E-state index is 12.2. The molecule has 0 aromatic rings. The van der Waals surface area contributed by atoms with Gasteiger partial charge in [0.05, 0.1) is 5.92 Å². The van der Waals surface area contributed by atoms with Gasteiger partial charge in [-0.3, -0.25) is 4.79 Å². The molecule has 1 unspecified atom stereocenters. The van der Waals surface area contributed by atoms with E-state index in [-0.39, 0.29) is 11.7 Å². The Hall–Kier alpha value is -1.26. The SMILES string of the molecule is CCCCN(CC)C(=O)C(CCC)/C(N)=N/O. The van der Waals surface area contributed by atoms with Gasteiger partial charge < -0.3 is 15.8 Å². The summed E-state index contributed by atoms with van der Waals surface area (Å²) in [7, 11) is 0. The third-order valence-electron chi connectivity index (χ3n) is 2.82. The molecular weight excluding hydrogens is 218 g/mol. The fourth-order valence-electron chi connectivity index (χ4n) is 1.75. The smallest absolute Gasteiger partial charge is 0.233 e. The number of nitrogens with two attached hydrogens (primary N) is 1. The number of hydrogen-bond donors (Lipinski definition) is 2. The average molecular weight is 243 g/mol. The van der Waals surface area contributed by atoms with Crippen molar-refractivity contribution in [2.24, 2.45) is 16.8 Å². The van der Waals surface area contributed by atoms with Crippen LogP contribution in [0.25, 0.3) is 0 Å². The number of oxime groups is 1. The number of nitrogens with zero attached hydrogens (tertiary/aromatic N) is 2. The van der Waals surface area contributed by atoms with Crippen LogP contribution in [0.2, 0.25) is 0 Å². The molecule has 5 heteroatoms. The number of amides is 1. The first-order chi connectivity index (χ1) is 8.12. The van der Waals surface area contributed by atoms with Gasteiger partial charge in [-0.1, -0.05) is 31.8 Å². The van der Waals surface area contributed by atoms with Gasteiger partial charge in [0.2, 0.25) is 5.91 Å². The van der Waals surface area contributed by atoms with Crippen molar-refractivity contribution < 1.29 is 10.0 Å². The maximum Gasteiger partial charge on any atom is 0.233 e. The first-order valence-electron chi connectivity index (χ1n) is 6.38. The molecule has 0 aliphatic rings. The number of amidine groups is 1. The van der Waals surface area contributed by atoms with Crippen molar-refractivity contribution in [1.29, 1.82) is 0 Å². The Morgan fingerprint density at radius 3 is 2.41 bits per heavy atom. The normalized spacial score (nSPS) is 13.5. The molecule has 0 aliphatic carbocycles. The molecule has 1 atom stereocenters. The molecule has 100 valence electrons. The molecule has 0 fully saturated rings. The minimum Gasteiger partial charge on any atom is -0.409 e. The molecule has 0 spiro atoms. The summed E-state index contributed by atoms with van der Waals surface area (Å²) in [6.07, 6.45) is 3.48. The van der Waals surface area contributed by atoms with Crippen LogP contribution in [0.15, 0.2) is 5.16 Å². The molecule has 0 saturated heterocycles. The van der Waals surface area contributed by atoms with E-state index >= 15 is 0 Å². The maximum absolute atomic E-state index is 12.2. The highest BCUT2D eigenvalue weighted by Crippen LogP contribution is 2.12. The van der Waals surface area contributed by atoms with E-state index in [1.165, 1.54) is 0 Å². The Morgan fingerprint density at radius 2 is 2.00 bits per heavy atom. The van der Waals surface area contributed by atoms with E-state index in [1.807, 2.05) is 13.8 Å². The monoisotopic (exact) mass is 243 g/mol. The van der Waals surface area contributed by atoms with Crippen LogP contribution < -0.4 is 5.73 Å². The third kappa shape index (κ3) is 5.06. The fraction of sp³-hybridized carbons (Fsp3) is 0.833. The Balaban J connectivity index is 4.66. The first-order valence-corrected chi connectivity index (χ1v) is 6.38. The molecule has 0 bridgehead atoms. The van der Waals surface area contributed by atoms with Crippen molar-refractivity contribution in [2.45, 2.75) is 46.5 Å². The van der Waals surface area contributed by atoms with Crippen LogP contribution in [0.3, 0.4) is 0 Å². The predicted octanol–water partition coefficient (Wildman–Crippen LogP) is 1.80. The molecule has 0 saturated carbocycles. The quantitative estimate of drug-likeness (QED) is 0.295. The molecule has 17 heavy (non-hydrogen) atoms. The zero-order valence-corrected chi connectivity index (χ0v) is 11.1. The fourth-order valence-corrected chi connectivity index (χ4v) is 1.75. The second-order valence-corrected chi connectivity index (χ2v) is 4.14. The molecule has 5 nitrogen and oxygen atoms in total. The van der Waals surface area contributed by atoms with Crippen molar-refractivity contribution in [1.82, 2.24) is 4.90 Å². The molecular formula is C12H25N3O2. The van der Waals surface area contributed by atoms with Crippen molar-refractivity contribution in [3.8, 4) is 0 Å². The summed E-state index contributed by atoms with van der Waals surface area (Å²) in [4.78, 5) is 14.0. The average Bonchev–Trinajstić information content (AvgIpc) is 2.35. The third-order valence-corrected chi connectivity index (χ3v) is 2.82. The summed E-state index contributed by atoms with van der Waals surface area (Å²) >= 11 is 0. The van der Waals surface area contributed by atoms with E-state index in [0.29, 0.717) is 13.0 Å². The summed E-state index contributed by atoms with van der Waals surface area (Å²) < 4.78 is 0.